The molecule has 13 heteroatoms. The van der Waals surface area contributed by atoms with E-state index in [9.17, 15) is 33.1 Å². The Morgan fingerprint density at radius 2 is 1.88 bits per heavy atom. The van der Waals surface area contributed by atoms with Crippen LogP contribution in [0.2, 0.25) is 0 Å². The summed E-state index contributed by atoms with van der Waals surface area (Å²) in [6.07, 6.45) is 2.94. The van der Waals surface area contributed by atoms with Crippen LogP contribution in [0.1, 0.15) is 38.3 Å². The van der Waals surface area contributed by atoms with Gasteiger partial charge < -0.3 is 30.1 Å². The van der Waals surface area contributed by atoms with Gasteiger partial charge in [0.05, 0.1) is 6.10 Å². The zero-order valence-corrected chi connectivity index (χ0v) is 23.1. The Morgan fingerprint density at radius 3 is 2.45 bits per heavy atom. The Kier molecular flexibility index (Phi) is 9.71. The van der Waals surface area contributed by atoms with Crippen LogP contribution in [-0.4, -0.2) is 57.3 Å². The number of rotatable bonds is 8. The van der Waals surface area contributed by atoms with Crippen LogP contribution in [0.5, 0.6) is 5.75 Å². The molecule has 11 nitrogen and oxygen atoms in total. The lowest BCUT2D eigenvalue weighted by Gasteiger charge is -2.35. The molecular weight excluding hydrogens is 544 g/mol. The van der Waals surface area contributed by atoms with Crippen molar-refractivity contribution < 1.29 is 42.4 Å². The smallest absolute Gasteiger partial charge is 0.410 e. The summed E-state index contributed by atoms with van der Waals surface area (Å²) < 4.78 is 35.9. The molecule has 40 heavy (non-hydrogen) atoms. The molecule has 0 spiro atoms. The normalized spacial score (nSPS) is 18.0. The number of nitrogens with zero attached hydrogens (tertiary/aromatic N) is 1. The second-order valence-corrected chi connectivity index (χ2v) is 11.5. The first kappa shape index (κ1) is 30.8. The SMILES string of the molecule is C#Cc1ccc(CNC(=O)[C@@H]2C[C@@H](OP(=O)(O)O)CN2C(=O)[C@@H](NC(=O)Oc2ccccc2)C(C)(C)C)c(F)c1. The zero-order chi connectivity index (χ0) is 29.7. The summed E-state index contributed by atoms with van der Waals surface area (Å²) in [6, 6.07) is 9.83. The van der Waals surface area contributed by atoms with Crippen molar-refractivity contribution in [2.45, 2.75) is 51.9 Å². The minimum Gasteiger partial charge on any atom is -0.410 e. The number of ether oxygens (including phenoxy) is 1. The Bertz CT molecular complexity index is 1340. The van der Waals surface area contributed by atoms with Crippen molar-refractivity contribution in [1.82, 2.24) is 15.5 Å². The van der Waals surface area contributed by atoms with E-state index in [4.69, 9.17) is 15.7 Å². The van der Waals surface area contributed by atoms with E-state index >= 15 is 0 Å². The Hall–Kier alpha value is -3.75. The summed E-state index contributed by atoms with van der Waals surface area (Å²) >= 11 is 0. The maximum atomic E-state index is 14.4. The highest BCUT2D eigenvalue weighted by Crippen LogP contribution is 2.41. The van der Waals surface area contributed by atoms with E-state index in [0.29, 0.717) is 5.56 Å². The topological polar surface area (TPSA) is 154 Å². The fraction of sp³-hybridized carbons (Fsp3) is 0.370. The quantitative estimate of drug-likeness (QED) is 0.277. The summed E-state index contributed by atoms with van der Waals surface area (Å²) in [5.41, 5.74) is -0.397. The van der Waals surface area contributed by atoms with Gasteiger partial charge in [0.1, 0.15) is 23.7 Å². The minimum atomic E-state index is -4.95. The molecule has 1 saturated heterocycles. The van der Waals surface area contributed by atoms with Crippen molar-refractivity contribution in [3.63, 3.8) is 0 Å². The third-order valence-electron chi connectivity index (χ3n) is 6.14. The highest BCUT2D eigenvalue weighted by molar-refractivity contribution is 7.46. The first-order valence-corrected chi connectivity index (χ1v) is 13.8. The van der Waals surface area contributed by atoms with Gasteiger partial charge in [-0.25, -0.2) is 13.8 Å². The molecule has 1 heterocycles. The van der Waals surface area contributed by atoms with E-state index in [1.165, 1.54) is 12.1 Å². The van der Waals surface area contributed by atoms with Gasteiger partial charge in [0.15, 0.2) is 0 Å². The highest BCUT2D eigenvalue weighted by atomic mass is 31.2. The lowest BCUT2D eigenvalue weighted by molar-refractivity contribution is -0.142. The van der Waals surface area contributed by atoms with Gasteiger partial charge in [0.25, 0.3) is 0 Å². The molecule has 0 saturated carbocycles. The first-order chi connectivity index (χ1) is 18.7. The molecule has 3 atom stereocenters. The van der Waals surface area contributed by atoms with Gasteiger partial charge in [-0.15, -0.1) is 6.42 Å². The fourth-order valence-electron chi connectivity index (χ4n) is 4.20. The maximum absolute atomic E-state index is 14.4. The van der Waals surface area contributed by atoms with E-state index < -0.39 is 55.2 Å². The van der Waals surface area contributed by atoms with Gasteiger partial charge in [-0.1, -0.05) is 51.0 Å². The predicted octanol–water partition coefficient (Wildman–Crippen LogP) is 2.71. The largest absolute Gasteiger partial charge is 0.469 e. The number of para-hydroxylation sites is 1. The minimum absolute atomic E-state index is 0.143. The Labute approximate surface area is 231 Å². The molecule has 1 aliphatic heterocycles. The zero-order valence-electron chi connectivity index (χ0n) is 22.2. The molecule has 3 rings (SSSR count). The van der Waals surface area contributed by atoms with Crippen molar-refractivity contribution >= 4 is 25.7 Å². The van der Waals surface area contributed by atoms with Crippen LogP contribution in [0, 0.1) is 23.6 Å². The van der Waals surface area contributed by atoms with Gasteiger partial charge in [0, 0.05) is 30.6 Å². The number of halogens is 1. The average molecular weight is 576 g/mol. The summed E-state index contributed by atoms with van der Waals surface area (Å²) in [5.74, 6) is 0.523. The van der Waals surface area contributed by atoms with Gasteiger partial charge in [0.2, 0.25) is 11.8 Å². The summed E-state index contributed by atoms with van der Waals surface area (Å²) in [6.45, 7) is 4.50. The molecule has 0 aliphatic carbocycles. The molecular formula is C27H31FN3O8P. The van der Waals surface area contributed by atoms with Crippen LogP contribution in [0.25, 0.3) is 0 Å². The van der Waals surface area contributed by atoms with Gasteiger partial charge in [-0.2, -0.15) is 0 Å². The third kappa shape index (κ3) is 8.37. The summed E-state index contributed by atoms with van der Waals surface area (Å²) in [5, 5.41) is 5.09. The number of terminal acetylenes is 1. The van der Waals surface area contributed by atoms with E-state index in [-0.39, 0.29) is 30.8 Å². The molecule has 0 bridgehead atoms. The van der Waals surface area contributed by atoms with E-state index in [2.05, 4.69) is 16.6 Å². The second-order valence-electron chi connectivity index (χ2n) is 10.3. The van der Waals surface area contributed by atoms with Crippen molar-refractivity contribution in [2.75, 3.05) is 6.54 Å². The van der Waals surface area contributed by atoms with E-state index in [1.54, 1.807) is 51.1 Å². The van der Waals surface area contributed by atoms with Crippen molar-refractivity contribution in [2.24, 2.45) is 5.41 Å². The second kappa shape index (κ2) is 12.6. The number of nitrogens with one attached hydrogen (secondary N) is 2. The average Bonchev–Trinajstić information content (AvgIpc) is 3.28. The number of benzene rings is 2. The number of phosphoric acid groups is 1. The lowest BCUT2D eigenvalue weighted by atomic mass is 9.85. The number of carbonyl (C=O) groups excluding carboxylic acids is 3. The lowest BCUT2D eigenvalue weighted by Crippen LogP contribution is -2.58. The van der Waals surface area contributed by atoms with Crippen LogP contribution in [-0.2, 0) is 25.2 Å². The highest BCUT2D eigenvalue weighted by Gasteiger charge is 2.46. The molecule has 0 unspecified atom stereocenters. The Morgan fingerprint density at radius 1 is 1.20 bits per heavy atom. The summed E-state index contributed by atoms with van der Waals surface area (Å²) in [7, 11) is -4.95. The summed E-state index contributed by atoms with van der Waals surface area (Å²) in [4.78, 5) is 59.3. The van der Waals surface area contributed by atoms with E-state index in [1.807, 2.05) is 0 Å². The van der Waals surface area contributed by atoms with Gasteiger partial charge in [-0.05, 0) is 29.7 Å². The maximum Gasteiger partial charge on any atom is 0.469 e. The molecule has 1 fully saturated rings. The third-order valence-corrected chi connectivity index (χ3v) is 6.71. The predicted molar refractivity (Wildman–Crippen MR) is 142 cm³/mol. The van der Waals surface area contributed by atoms with Crippen molar-refractivity contribution in [3.8, 4) is 18.1 Å². The van der Waals surface area contributed by atoms with Gasteiger partial charge >= 0.3 is 13.9 Å². The van der Waals surface area contributed by atoms with Crippen LogP contribution >= 0.6 is 7.82 Å². The van der Waals surface area contributed by atoms with Crippen molar-refractivity contribution in [1.29, 1.82) is 0 Å². The standard InChI is InChI=1S/C27H31FN3O8P/c1-5-17-11-12-18(21(28)13-17)15-29-24(32)22-14-20(39-40(35,36)37)16-31(22)25(33)23(27(2,3)4)30-26(34)38-19-9-7-6-8-10-19/h1,6-13,20,22-23H,14-16H2,2-4H3,(H,29,32)(H,30,34)(H2,35,36,37)/t20-,22+,23-/m1/s1. The van der Waals surface area contributed by atoms with Crippen LogP contribution in [0.15, 0.2) is 48.5 Å². The molecule has 0 radical (unpaired) electrons. The molecule has 0 aromatic heterocycles. The van der Waals surface area contributed by atoms with Crippen LogP contribution < -0.4 is 15.4 Å². The van der Waals surface area contributed by atoms with Crippen LogP contribution in [0.3, 0.4) is 0 Å². The monoisotopic (exact) mass is 575 g/mol. The molecule has 2 aromatic carbocycles. The number of phosphoric ester groups is 1. The number of carbonyl (C=O) groups is 3. The molecule has 3 amide bonds. The molecule has 4 N–H and O–H groups in total. The molecule has 1 aliphatic rings. The number of likely N-dealkylation sites (tertiary alicyclic amines) is 1. The van der Waals surface area contributed by atoms with Crippen LogP contribution in [0.4, 0.5) is 9.18 Å². The first-order valence-electron chi connectivity index (χ1n) is 12.3. The fourth-order valence-corrected chi connectivity index (χ4v) is 4.74. The number of hydrogen-bond donors (Lipinski definition) is 4. The Balaban J connectivity index is 1.81. The number of amides is 3. The number of hydrogen-bond acceptors (Lipinski definition) is 6. The van der Waals surface area contributed by atoms with E-state index in [0.717, 1.165) is 11.0 Å². The molecule has 2 aromatic rings. The molecule has 214 valence electrons. The van der Waals surface area contributed by atoms with Crippen molar-refractivity contribution in [3.05, 3.63) is 65.5 Å². The van der Waals surface area contributed by atoms with Gasteiger partial charge in [-0.3, -0.25) is 14.1 Å².